The number of ether oxygens (including phenoxy) is 1. The Hall–Kier alpha value is -2.93. The molecule has 4 rings (SSSR count). The topological polar surface area (TPSA) is 68.1 Å². The van der Waals surface area contributed by atoms with Crippen LogP contribution < -0.4 is 10.1 Å². The summed E-state index contributed by atoms with van der Waals surface area (Å²) < 4.78 is 7.04. The number of hydrogen-bond donors (Lipinski definition) is 1. The van der Waals surface area contributed by atoms with Gasteiger partial charge in [0.25, 0.3) is 0 Å². The maximum atomic E-state index is 5.24. The summed E-state index contributed by atoms with van der Waals surface area (Å²) in [4.78, 5) is 12.1. The van der Waals surface area contributed by atoms with Gasteiger partial charge in [0, 0.05) is 25.8 Å². The van der Waals surface area contributed by atoms with Crippen molar-refractivity contribution in [2.24, 2.45) is 7.05 Å². The number of aryl methyl sites for hydroxylation is 1. The molecule has 2 aromatic heterocycles. The summed E-state index contributed by atoms with van der Waals surface area (Å²) in [6.45, 7) is 5.36. The molecule has 0 saturated heterocycles. The van der Waals surface area contributed by atoms with Crippen LogP contribution in [-0.2, 0) is 7.05 Å². The molecule has 1 aliphatic rings. The summed E-state index contributed by atoms with van der Waals surface area (Å²) in [6.07, 6.45) is 6.21. The number of aromatic nitrogens is 4. The van der Waals surface area contributed by atoms with Crippen LogP contribution in [0.2, 0.25) is 0 Å². The fourth-order valence-corrected chi connectivity index (χ4v) is 3.51. The molecule has 7 nitrogen and oxygen atoms in total. The van der Waals surface area contributed by atoms with Crippen LogP contribution in [0.15, 0.2) is 36.5 Å². The maximum Gasteiger partial charge on any atom is 0.163 e. The molecule has 0 bridgehead atoms. The molecule has 1 aromatic carbocycles. The second-order valence-electron chi connectivity index (χ2n) is 7.03. The van der Waals surface area contributed by atoms with Gasteiger partial charge in [0.2, 0.25) is 0 Å². The number of fused-ring (bicyclic) bond motifs is 1. The van der Waals surface area contributed by atoms with Crippen molar-refractivity contribution in [1.82, 2.24) is 24.6 Å². The van der Waals surface area contributed by atoms with Gasteiger partial charge in [-0.05, 0) is 49.2 Å². The van der Waals surface area contributed by atoms with Crippen molar-refractivity contribution in [3.8, 4) is 5.75 Å². The number of hydrogen-bond acceptors (Lipinski definition) is 6. The Morgan fingerprint density at radius 2 is 2.00 bits per heavy atom. The van der Waals surface area contributed by atoms with Crippen LogP contribution in [0.25, 0.3) is 16.6 Å². The van der Waals surface area contributed by atoms with Gasteiger partial charge in [-0.2, -0.15) is 5.10 Å². The van der Waals surface area contributed by atoms with Gasteiger partial charge in [0.05, 0.1) is 18.7 Å². The zero-order valence-electron chi connectivity index (χ0n) is 16.6. The minimum absolute atomic E-state index is 0.773. The van der Waals surface area contributed by atoms with Gasteiger partial charge in [0.1, 0.15) is 11.6 Å². The lowest BCUT2D eigenvalue weighted by molar-refractivity contribution is 0.302. The van der Waals surface area contributed by atoms with Crippen LogP contribution in [0.5, 0.6) is 5.75 Å². The average Bonchev–Trinajstić information content (AvgIpc) is 3.10. The maximum absolute atomic E-state index is 5.24. The van der Waals surface area contributed by atoms with E-state index < -0.39 is 0 Å². The summed E-state index contributed by atoms with van der Waals surface area (Å²) in [5.41, 5.74) is 2.98. The molecular formula is C21H26N6O. The Balaban J connectivity index is 1.68. The van der Waals surface area contributed by atoms with E-state index in [2.05, 4.69) is 28.3 Å². The largest absolute Gasteiger partial charge is 0.497 e. The van der Waals surface area contributed by atoms with Crippen molar-refractivity contribution in [2.75, 3.05) is 32.1 Å². The molecule has 28 heavy (non-hydrogen) atoms. The molecule has 0 spiro atoms. The summed E-state index contributed by atoms with van der Waals surface area (Å²) in [5, 5.41) is 8.71. The SMILES string of the molecule is CCCN1CC=C(c2nc(Nc3ccc(OC)cc3)c3cnn(C)c3n2)CC1. The van der Waals surface area contributed by atoms with Crippen LogP contribution in [-0.4, -0.2) is 51.4 Å². The Morgan fingerprint density at radius 1 is 1.18 bits per heavy atom. The van der Waals surface area contributed by atoms with Gasteiger partial charge in [0.15, 0.2) is 11.5 Å². The van der Waals surface area contributed by atoms with E-state index in [0.717, 1.165) is 60.2 Å². The average molecular weight is 378 g/mol. The van der Waals surface area contributed by atoms with E-state index in [1.54, 1.807) is 11.8 Å². The number of nitrogens with one attached hydrogen (secondary N) is 1. The number of nitrogens with zero attached hydrogens (tertiary/aromatic N) is 5. The van der Waals surface area contributed by atoms with Crippen molar-refractivity contribution in [2.45, 2.75) is 19.8 Å². The molecule has 0 atom stereocenters. The fraction of sp³-hybridized carbons (Fsp3) is 0.381. The fourth-order valence-electron chi connectivity index (χ4n) is 3.51. The van der Waals surface area contributed by atoms with Gasteiger partial charge in [-0.15, -0.1) is 0 Å². The highest BCUT2D eigenvalue weighted by Crippen LogP contribution is 2.28. The lowest BCUT2D eigenvalue weighted by atomic mass is 10.1. The second kappa shape index (κ2) is 7.98. The van der Waals surface area contributed by atoms with Crippen LogP contribution >= 0.6 is 0 Å². The number of methoxy groups -OCH3 is 1. The van der Waals surface area contributed by atoms with Gasteiger partial charge < -0.3 is 10.1 Å². The third kappa shape index (κ3) is 3.71. The standard InChI is InChI=1S/C21H26N6O/c1-4-11-27-12-9-15(10-13-27)19-24-20(18-14-22-26(2)21(18)25-19)23-16-5-7-17(28-3)8-6-16/h5-9,14H,4,10-13H2,1-3H3,(H,23,24,25). The van der Waals surface area contributed by atoms with E-state index in [1.807, 2.05) is 37.5 Å². The molecular weight excluding hydrogens is 352 g/mol. The molecule has 0 radical (unpaired) electrons. The molecule has 3 aromatic rings. The predicted molar refractivity (Wildman–Crippen MR) is 112 cm³/mol. The van der Waals surface area contributed by atoms with Crippen LogP contribution in [0, 0.1) is 0 Å². The monoisotopic (exact) mass is 378 g/mol. The van der Waals surface area contributed by atoms with E-state index in [4.69, 9.17) is 14.7 Å². The lowest BCUT2D eigenvalue weighted by Crippen LogP contribution is -2.29. The van der Waals surface area contributed by atoms with Crippen molar-refractivity contribution in [3.63, 3.8) is 0 Å². The third-order valence-corrected chi connectivity index (χ3v) is 5.07. The zero-order chi connectivity index (χ0) is 19.5. The predicted octanol–water partition coefficient (Wildman–Crippen LogP) is 3.61. The molecule has 0 saturated carbocycles. The number of rotatable bonds is 6. The molecule has 0 aliphatic carbocycles. The van der Waals surface area contributed by atoms with Crippen molar-refractivity contribution in [1.29, 1.82) is 0 Å². The molecule has 0 unspecified atom stereocenters. The third-order valence-electron chi connectivity index (χ3n) is 5.07. The molecule has 7 heteroatoms. The molecule has 3 heterocycles. The second-order valence-corrected chi connectivity index (χ2v) is 7.03. The Bertz CT molecular complexity index is 992. The first-order chi connectivity index (χ1) is 13.7. The normalized spacial score (nSPS) is 14.9. The Morgan fingerprint density at radius 3 is 2.68 bits per heavy atom. The molecule has 1 aliphatic heterocycles. The summed E-state index contributed by atoms with van der Waals surface area (Å²) in [5.74, 6) is 2.38. The minimum Gasteiger partial charge on any atom is -0.497 e. The lowest BCUT2D eigenvalue weighted by Gasteiger charge is -2.25. The molecule has 1 N–H and O–H groups in total. The van der Waals surface area contributed by atoms with Gasteiger partial charge >= 0.3 is 0 Å². The van der Waals surface area contributed by atoms with Crippen LogP contribution in [0.3, 0.4) is 0 Å². The molecule has 146 valence electrons. The first-order valence-corrected chi connectivity index (χ1v) is 9.70. The minimum atomic E-state index is 0.773. The van der Waals surface area contributed by atoms with Gasteiger partial charge in [-0.1, -0.05) is 13.0 Å². The smallest absolute Gasteiger partial charge is 0.163 e. The summed E-state index contributed by atoms with van der Waals surface area (Å²) >= 11 is 0. The molecule has 0 amide bonds. The summed E-state index contributed by atoms with van der Waals surface area (Å²) in [6, 6.07) is 7.81. The first kappa shape index (κ1) is 18.4. The Kier molecular flexibility index (Phi) is 5.25. The van der Waals surface area contributed by atoms with Crippen molar-refractivity contribution >= 4 is 28.1 Å². The van der Waals surface area contributed by atoms with E-state index in [9.17, 15) is 0 Å². The summed E-state index contributed by atoms with van der Waals surface area (Å²) in [7, 11) is 3.58. The number of anilines is 2. The van der Waals surface area contributed by atoms with E-state index in [0.29, 0.717) is 0 Å². The van der Waals surface area contributed by atoms with Crippen molar-refractivity contribution in [3.05, 3.63) is 42.4 Å². The first-order valence-electron chi connectivity index (χ1n) is 9.70. The van der Waals surface area contributed by atoms with Crippen LogP contribution in [0.1, 0.15) is 25.6 Å². The molecule has 0 fully saturated rings. The van der Waals surface area contributed by atoms with Crippen molar-refractivity contribution < 1.29 is 4.74 Å². The quantitative estimate of drug-likeness (QED) is 0.707. The van der Waals surface area contributed by atoms with E-state index >= 15 is 0 Å². The van der Waals surface area contributed by atoms with Gasteiger partial charge in [-0.25, -0.2) is 9.97 Å². The van der Waals surface area contributed by atoms with E-state index in [1.165, 1.54) is 12.0 Å². The highest BCUT2D eigenvalue weighted by Gasteiger charge is 2.18. The Labute approximate surface area is 165 Å². The van der Waals surface area contributed by atoms with Crippen LogP contribution in [0.4, 0.5) is 11.5 Å². The highest BCUT2D eigenvalue weighted by molar-refractivity contribution is 5.89. The van der Waals surface area contributed by atoms with Gasteiger partial charge in [-0.3, -0.25) is 9.58 Å². The highest BCUT2D eigenvalue weighted by atomic mass is 16.5. The zero-order valence-corrected chi connectivity index (χ0v) is 16.6. The number of benzene rings is 1. The van der Waals surface area contributed by atoms with E-state index in [-0.39, 0.29) is 0 Å².